The highest BCUT2D eigenvalue weighted by atomic mass is 16.2. The van der Waals surface area contributed by atoms with Crippen LogP contribution >= 0.6 is 0 Å². The molecule has 30 heavy (non-hydrogen) atoms. The quantitative estimate of drug-likeness (QED) is 0.611. The molecular formula is C23H26N6O. The first-order valence-corrected chi connectivity index (χ1v) is 9.89. The Hall–Kier alpha value is -3.66. The van der Waals surface area contributed by atoms with Crippen LogP contribution in [0, 0.1) is 16.7 Å². The molecule has 0 aliphatic carbocycles. The number of benzene rings is 1. The normalized spacial score (nSPS) is 11.0. The van der Waals surface area contributed by atoms with Gasteiger partial charge in [0.2, 0.25) is 0 Å². The van der Waals surface area contributed by atoms with Crippen LogP contribution in [0.1, 0.15) is 54.9 Å². The van der Waals surface area contributed by atoms with Gasteiger partial charge in [0.15, 0.2) is 0 Å². The molecule has 2 N–H and O–H groups in total. The smallest absolute Gasteiger partial charge is 0.254 e. The second-order valence-electron chi connectivity index (χ2n) is 7.69. The number of aromatic nitrogens is 2. The molecule has 3 rings (SSSR count). The van der Waals surface area contributed by atoms with Gasteiger partial charge in [0, 0.05) is 42.1 Å². The predicted molar refractivity (Wildman–Crippen MR) is 118 cm³/mol. The molecule has 7 nitrogen and oxygen atoms in total. The van der Waals surface area contributed by atoms with Crippen LogP contribution in [0.25, 0.3) is 5.65 Å². The summed E-state index contributed by atoms with van der Waals surface area (Å²) in [6, 6.07) is 11.1. The second-order valence-corrected chi connectivity index (χ2v) is 7.69. The maximum absolute atomic E-state index is 13.1. The van der Waals surface area contributed by atoms with Crippen LogP contribution in [0.2, 0.25) is 0 Å². The van der Waals surface area contributed by atoms with E-state index in [0.29, 0.717) is 33.7 Å². The Kier molecular flexibility index (Phi) is 5.88. The van der Waals surface area contributed by atoms with Gasteiger partial charge in [-0.2, -0.15) is 5.26 Å². The second kappa shape index (κ2) is 8.37. The number of fused-ring (bicyclic) bond motifs is 1. The number of nitrogens with one attached hydrogen (secondary N) is 2. The molecular weight excluding hydrogens is 376 g/mol. The number of carbonyl (C=O) groups excluding carboxylic acids is 1. The molecule has 0 saturated heterocycles. The molecule has 2 aromatic heterocycles. The Morgan fingerprint density at radius 1 is 1.20 bits per heavy atom. The minimum atomic E-state index is -0.0388. The van der Waals surface area contributed by atoms with Crippen molar-refractivity contribution in [1.29, 1.82) is 10.7 Å². The third-order valence-electron chi connectivity index (χ3n) is 5.04. The molecule has 7 heteroatoms. The van der Waals surface area contributed by atoms with Crippen LogP contribution in [0.5, 0.6) is 0 Å². The number of carbonyl (C=O) groups is 1. The summed E-state index contributed by atoms with van der Waals surface area (Å²) in [7, 11) is 1.77. The Labute approximate surface area is 176 Å². The Balaban J connectivity index is 2.03. The molecule has 1 amide bonds. The third-order valence-corrected chi connectivity index (χ3v) is 5.04. The SMILES string of the molecule is CNc1cc(C(=O)N(C(C)C)C(C)C)ccc1C(=N)c1cnc2ccc(C#N)cn12. The van der Waals surface area contributed by atoms with Crippen molar-refractivity contribution in [1.82, 2.24) is 14.3 Å². The van der Waals surface area contributed by atoms with Gasteiger partial charge in [-0.05, 0) is 58.0 Å². The maximum atomic E-state index is 13.1. The molecule has 0 saturated carbocycles. The van der Waals surface area contributed by atoms with E-state index in [1.807, 2.05) is 32.6 Å². The van der Waals surface area contributed by atoms with E-state index in [0.717, 1.165) is 0 Å². The average Bonchev–Trinajstić information content (AvgIpc) is 3.15. The minimum Gasteiger partial charge on any atom is -0.388 e. The molecule has 154 valence electrons. The summed E-state index contributed by atoms with van der Waals surface area (Å²) >= 11 is 0. The van der Waals surface area contributed by atoms with Gasteiger partial charge in [-0.25, -0.2) is 4.98 Å². The van der Waals surface area contributed by atoms with Crippen molar-refractivity contribution in [2.24, 2.45) is 0 Å². The highest BCUT2D eigenvalue weighted by molar-refractivity contribution is 6.14. The molecule has 1 aromatic carbocycles. The zero-order chi connectivity index (χ0) is 22.0. The summed E-state index contributed by atoms with van der Waals surface area (Å²) in [5, 5.41) is 21.1. The fraction of sp³-hybridized carbons (Fsp3) is 0.304. The van der Waals surface area contributed by atoms with Crippen LogP contribution in [-0.2, 0) is 0 Å². The molecule has 0 atom stereocenters. The Morgan fingerprint density at radius 3 is 2.50 bits per heavy atom. The van der Waals surface area contributed by atoms with Crippen molar-refractivity contribution in [2.75, 3.05) is 12.4 Å². The van der Waals surface area contributed by atoms with Crippen LogP contribution in [0.15, 0.2) is 42.7 Å². The lowest BCUT2D eigenvalue weighted by Gasteiger charge is -2.31. The maximum Gasteiger partial charge on any atom is 0.254 e. The van der Waals surface area contributed by atoms with E-state index in [1.165, 1.54) is 0 Å². The first-order chi connectivity index (χ1) is 14.3. The van der Waals surface area contributed by atoms with E-state index in [-0.39, 0.29) is 23.7 Å². The summed E-state index contributed by atoms with van der Waals surface area (Å²) in [5.41, 5.74) is 3.89. The fourth-order valence-corrected chi connectivity index (χ4v) is 3.69. The topological polar surface area (TPSA) is 97.3 Å². The molecule has 0 spiro atoms. The summed E-state index contributed by atoms with van der Waals surface area (Å²) < 4.78 is 1.73. The molecule has 0 bridgehead atoms. The molecule has 0 aliphatic heterocycles. The lowest BCUT2D eigenvalue weighted by molar-refractivity contribution is 0.0644. The number of nitriles is 1. The Morgan fingerprint density at radius 2 is 1.90 bits per heavy atom. The van der Waals surface area contributed by atoms with Gasteiger partial charge >= 0.3 is 0 Å². The van der Waals surface area contributed by atoms with Gasteiger partial charge in [-0.15, -0.1) is 0 Å². The van der Waals surface area contributed by atoms with Gasteiger partial charge < -0.3 is 10.2 Å². The van der Waals surface area contributed by atoms with E-state index in [4.69, 9.17) is 5.41 Å². The number of pyridine rings is 1. The van der Waals surface area contributed by atoms with Crippen LogP contribution in [-0.4, -0.2) is 45.0 Å². The molecule has 0 radical (unpaired) electrons. The van der Waals surface area contributed by atoms with Gasteiger partial charge in [0.1, 0.15) is 11.7 Å². The summed E-state index contributed by atoms with van der Waals surface area (Å²) in [6.07, 6.45) is 3.29. The van der Waals surface area contributed by atoms with Crippen molar-refractivity contribution in [3.63, 3.8) is 0 Å². The van der Waals surface area contributed by atoms with Gasteiger partial charge in [0.25, 0.3) is 5.91 Å². The molecule has 0 unspecified atom stereocenters. The van der Waals surface area contributed by atoms with Crippen molar-refractivity contribution in [3.05, 3.63) is 65.1 Å². The zero-order valence-corrected chi connectivity index (χ0v) is 17.9. The monoisotopic (exact) mass is 402 g/mol. The number of amides is 1. The summed E-state index contributed by atoms with van der Waals surface area (Å²) in [5.74, 6) is -0.0388. The molecule has 3 aromatic rings. The van der Waals surface area contributed by atoms with Crippen LogP contribution in [0.4, 0.5) is 5.69 Å². The summed E-state index contributed by atoms with van der Waals surface area (Å²) in [6.45, 7) is 8.00. The third kappa shape index (κ3) is 3.77. The van der Waals surface area contributed by atoms with Crippen molar-refractivity contribution < 1.29 is 4.79 Å². The van der Waals surface area contributed by atoms with Gasteiger partial charge in [0.05, 0.1) is 23.2 Å². The van der Waals surface area contributed by atoms with E-state index < -0.39 is 0 Å². The summed E-state index contributed by atoms with van der Waals surface area (Å²) in [4.78, 5) is 19.2. The van der Waals surface area contributed by atoms with E-state index >= 15 is 0 Å². The van der Waals surface area contributed by atoms with E-state index in [1.54, 1.807) is 54.2 Å². The first-order valence-electron chi connectivity index (χ1n) is 9.89. The molecule has 2 heterocycles. The fourth-order valence-electron chi connectivity index (χ4n) is 3.69. The number of rotatable bonds is 6. The molecule has 0 aliphatic rings. The van der Waals surface area contributed by atoms with Crippen molar-refractivity contribution in [2.45, 2.75) is 39.8 Å². The lowest BCUT2D eigenvalue weighted by Crippen LogP contribution is -2.42. The number of imidazole rings is 1. The van der Waals surface area contributed by atoms with Gasteiger partial charge in [-0.3, -0.25) is 14.6 Å². The van der Waals surface area contributed by atoms with Crippen LogP contribution < -0.4 is 5.32 Å². The number of nitrogens with zero attached hydrogens (tertiary/aromatic N) is 4. The number of hydrogen-bond donors (Lipinski definition) is 2. The largest absolute Gasteiger partial charge is 0.388 e. The zero-order valence-electron chi connectivity index (χ0n) is 17.9. The van der Waals surface area contributed by atoms with Gasteiger partial charge in [-0.1, -0.05) is 0 Å². The van der Waals surface area contributed by atoms with E-state index in [9.17, 15) is 10.1 Å². The highest BCUT2D eigenvalue weighted by Crippen LogP contribution is 2.24. The predicted octanol–water partition coefficient (Wildman–Crippen LogP) is 3.92. The standard InChI is InChI=1S/C23H26N6O/c1-14(2)29(15(3)4)23(30)17-7-8-18(19(10-17)26-5)22(25)20-12-27-21-9-6-16(11-24)13-28(20)21/h6-10,12-15,25-26H,1-5H3. The molecule has 0 fully saturated rings. The first kappa shape index (κ1) is 21.1. The van der Waals surface area contributed by atoms with E-state index in [2.05, 4.69) is 16.4 Å². The average molecular weight is 403 g/mol. The number of anilines is 1. The Bertz CT molecular complexity index is 1140. The number of hydrogen-bond acceptors (Lipinski definition) is 5. The van der Waals surface area contributed by atoms with Crippen LogP contribution in [0.3, 0.4) is 0 Å². The van der Waals surface area contributed by atoms with Crippen molar-refractivity contribution >= 4 is 23.0 Å². The lowest BCUT2D eigenvalue weighted by atomic mass is 10.0. The van der Waals surface area contributed by atoms with Crippen molar-refractivity contribution in [3.8, 4) is 6.07 Å². The minimum absolute atomic E-state index is 0.0388. The highest BCUT2D eigenvalue weighted by Gasteiger charge is 2.23.